The Labute approximate surface area is 214 Å². The van der Waals surface area contributed by atoms with Gasteiger partial charge in [0.1, 0.15) is 5.75 Å². The van der Waals surface area contributed by atoms with Crippen LogP contribution >= 0.6 is 11.6 Å². The first kappa shape index (κ1) is 25.7. The molecule has 1 aliphatic heterocycles. The number of methoxy groups -OCH3 is 2. The first-order chi connectivity index (χ1) is 17.3. The molecule has 36 heavy (non-hydrogen) atoms. The van der Waals surface area contributed by atoms with E-state index in [4.69, 9.17) is 21.1 Å². The number of carbonyl (C=O) groups is 1. The van der Waals surface area contributed by atoms with Crippen LogP contribution in [0.3, 0.4) is 0 Å². The first-order valence-electron chi connectivity index (χ1n) is 11.1. The number of halogens is 1. The molecule has 2 aromatic carbocycles. The molecule has 4 rings (SSSR count). The van der Waals surface area contributed by atoms with Crippen LogP contribution in [0, 0.1) is 0 Å². The molecule has 12 heteroatoms. The number of hydrogen-bond acceptors (Lipinski definition) is 8. The minimum atomic E-state index is -3.90. The lowest BCUT2D eigenvalue weighted by Crippen LogP contribution is -2.48. The van der Waals surface area contributed by atoms with E-state index < -0.39 is 10.0 Å². The highest BCUT2D eigenvalue weighted by molar-refractivity contribution is 7.92. The van der Waals surface area contributed by atoms with Crippen LogP contribution in [-0.2, 0) is 16.6 Å². The van der Waals surface area contributed by atoms with Gasteiger partial charge in [0, 0.05) is 43.3 Å². The van der Waals surface area contributed by atoms with Crippen LogP contribution in [-0.4, -0.2) is 74.5 Å². The lowest BCUT2D eigenvalue weighted by Gasteiger charge is -2.34. The summed E-state index contributed by atoms with van der Waals surface area (Å²) in [5.74, 6) is 0.561. The summed E-state index contributed by atoms with van der Waals surface area (Å²) in [5.41, 5.74) is 1.19. The van der Waals surface area contributed by atoms with Gasteiger partial charge in [-0.25, -0.2) is 18.4 Å². The second kappa shape index (κ2) is 11.1. The lowest BCUT2D eigenvalue weighted by molar-refractivity contribution is 0.0626. The minimum absolute atomic E-state index is 0.00555. The van der Waals surface area contributed by atoms with Gasteiger partial charge in [0.15, 0.2) is 0 Å². The third kappa shape index (κ3) is 6.04. The van der Waals surface area contributed by atoms with Gasteiger partial charge >= 0.3 is 0 Å². The number of sulfonamides is 1. The third-order valence-electron chi connectivity index (χ3n) is 5.70. The summed E-state index contributed by atoms with van der Waals surface area (Å²) in [6, 6.07) is 12.9. The molecule has 1 N–H and O–H groups in total. The van der Waals surface area contributed by atoms with Crippen molar-refractivity contribution >= 4 is 33.3 Å². The first-order valence-corrected chi connectivity index (χ1v) is 13.0. The Hall–Kier alpha value is -3.41. The van der Waals surface area contributed by atoms with Crippen molar-refractivity contribution in [2.24, 2.45) is 0 Å². The molecule has 1 aromatic heterocycles. The number of benzene rings is 2. The van der Waals surface area contributed by atoms with E-state index in [1.54, 1.807) is 41.3 Å². The molecule has 190 valence electrons. The number of rotatable bonds is 8. The molecule has 0 unspecified atom stereocenters. The lowest BCUT2D eigenvalue weighted by atomic mass is 10.2. The Morgan fingerprint density at radius 3 is 2.42 bits per heavy atom. The summed E-state index contributed by atoms with van der Waals surface area (Å²) in [4.78, 5) is 25.4. The smallest absolute Gasteiger partial charge is 0.263 e. The van der Waals surface area contributed by atoms with Crippen molar-refractivity contribution in [3.05, 3.63) is 71.0 Å². The van der Waals surface area contributed by atoms with E-state index in [0.717, 1.165) is 0 Å². The number of aromatic nitrogens is 2. The molecule has 1 aliphatic rings. The maximum Gasteiger partial charge on any atom is 0.263 e. The summed E-state index contributed by atoms with van der Waals surface area (Å²) in [5, 5.41) is 0.529. The maximum atomic E-state index is 12.8. The van der Waals surface area contributed by atoms with Crippen LogP contribution in [0.4, 0.5) is 5.82 Å². The van der Waals surface area contributed by atoms with Crippen molar-refractivity contribution in [3.8, 4) is 11.6 Å². The second-order valence-corrected chi connectivity index (χ2v) is 10.2. The van der Waals surface area contributed by atoms with Crippen LogP contribution < -0.4 is 14.2 Å². The largest absolute Gasteiger partial charge is 0.497 e. The quantitative estimate of drug-likeness (QED) is 0.472. The molecule has 1 fully saturated rings. The van der Waals surface area contributed by atoms with Gasteiger partial charge < -0.3 is 14.4 Å². The van der Waals surface area contributed by atoms with Crippen LogP contribution in [0.2, 0.25) is 5.02 Å². The van der Waals surface area contributed by atoms with Gasteiger partial charge in [0.25, 0.3) is 21.8 Å². The maximum absolute atomic E-state index is 12.8. The predicted molar refractivity (Wildman–Crippen MR) is 135 cm³/mol. The molecule has 1 amide bonds. The summed E-state index contributed by atoms with van der Waals surface area (Å²) in [7, 11) is -0.989. The molecule has 2 heterocycles. The Morgan fingerprint density at radius 1 is 1.06 bits per heavy atom. The topological polar surface area (TPSA) is 114 Å². The number of carbonyl (C=O) groups excluding carboxylic acids is 1. The molecule has 0 aliphatic carbocycles. The number of hydrogen-bond donors (Lipinski definition) is 1. The fraction of sp³-hybridized carbons (Fsp3) is 0.292. The standard InChI is InChI=1S/C24H26ClN5O5S/c1-34-20-6-8-21(9-7-20)36(32,33)28-22-23(35-2)27-19(15-26-22)16-29-10-12-30(13-11-29)24(31)17-4-3-5-18(25)14-17/h3-9,14-15H,10-13,16H2,1-2H3,(H,26,28). The Kier molecular flexibility index (Phi) is 7.92. The van der Waals surface area contributed by atoms with Gasteiger partial charge in [-0.2, -0.15) is 0 Å². The van der Waals surface area contributed by atoms with Crippen LogP contribution in [0.5, 0.6) is 11.6 Å². The fourth-order valence-corrected chi connectivity index (χ4v) is 4.98. The number of nitrogens with one attached hydrogen (secondary N) is 1. The van der Waals surface area contributed by atoms with E-state index in [2.05, 4.69) is 19.6 Å². The van der Waals surface area contributed by atoms with Crippen molar-refractivity contribution < 1.29 is 22.7 Å². The highest BCUT2D eigenvalue weighted by Crippen LogP contribution is 2.24. The SMILES string of the molecule is COc1ccc(S(=O)(=O)Nc2ncc(CN3CCN(C(=O)c4cccc(Cl)c4)CC3)nc2OC)cc1. The predicted octanol–water partition coefficient (Wildman–Crippen LogP) is 2.91. The van der Waals surface area contributed by atoms with Crippen molar-refractivity contribution in [1.82, 2.24) is 19.8 Å². The van der Waals surface area contributed by atoms with E-state index >= 15 is 0 Å². The van der Waals surface area contributed by atoms with Gasteiger partial charge in [0.05, 0.1) is 31.0 Å². The molecule has 0 saturated carbocycles. The number of ether oxygens (including phenoxy) is 2. The Morgan fingerprint density at radius 2 is 1.78 bits per heavy atom. The van der Waals surface area contributed by atoms with Crippen molar-refractivity contribution in [2.75, 3.05) is 45.1 Å². The second-order valence-electron chi connectivity index (χ2n) is 8.08. The van der Waals surface area contributed by atoms with E-state index in [-0.39, 0.29) is 22.5 Å². The van der Waals surface area contributed by atoms with E-state index in [9.17, 15) is 13.2 Å². The van der Waals surface area contributed by atoms with E-state index in [1.165, 1.54) is 32.5 Å². The van der Waals surface area contributed by atoms with Gasteiger partial charge in [-0.15, -0.1) is 0 Å². The molecule has 0 spiro atoms. The molecular formula is C24H26ClN5O5S. The normalized spacial score (nSPS) is 14.4. The minimum Gasteiger partial charge on any atom is -0.497 e. The number of piperazine rings is 1. The summed E-state index contributed by atoms with van der Waals surface area (Å²) in [6.07, 6.45) is 1.51. The molecule has 0 bridgehead atoms. The van der Waals surface area contributed by atoms with Crippen molar-refractivity contribution in [2.45, 2.75) is 11.4 Å². The summed E-state index contributed by atoms with van der Waals surface area (Å²) in [6.45, 7) is 2.92. The molecule has 3 aromatic rings. The average molecular weight is 532 g/mol. The molecule has 0 radical (unpaired) electrons. The average Bonchev–Trinajstić information content (AvgIpc) is 2.89. The van der Waals surface area contributed by atoms with Crippen molar-refractivity contribution in [1.29, 1.82) is 0 Å². The van der Waals surface area contributed by atoms with Gasteiger partial charge in [-0.1, -0.05) is 17.7 Å². The van der Waals surface area contributed by atoms with Crippen molar-refractivity contribution in [3.63, 3.8) is 0 Å². The monoisotopic (exact) mass is 531 g/mol. The number of amides is 1. The molecule has 10 nitrogen and oxygen atoms in total. The van der Waals surface area contributed by atoms with Gasteiger partial charge in [-0.3, -0.25) is 14.4 Å². The Bertz CT molecular complexity index is 1330. The molecular weight excluding hydrogens is 506 g/mol. The zero-order chi connectivity index (χ0) is 25.7. The van der Waals surface area contributed by atoms with Gasteiger partial charge in [0.2, 0.25) is 5.82 Å². The van der Waals surface area contributed by atoms with Crippen LogP contribution in [0.1, 0.15) is 16.1 Å². The van der Waals surface area contributed by atoms with E-state index in [1.807, 2.05) is 0 Å². The van der Waals surface area contributed by atoms with Gasteiger partial charge in [-0.05, 0) is 42.5 Å². The number of nitrogens with zero attached hydrogens (tertiary/aromatic N) is 4. The number of anilines is 1. The molecule has 0 atom stereocenters. The zero-order valence-electron chi connectivity index (χ0n) is 19.8. The fourth-order valence-electron chi connectivity index (χ4n) is 3.78. The summed E-state index contributed by atoms with van der Waals surface area (Å²) >= 11 is 6.01. The molecule has 1 saturated heterocycles. The Balaban J connectivity index is 1.38. The third-order valence-corrected chi connectivity index (χ3v) is 7.29. The highest BCUT2D eigenvalue weighted by atomic mass is 35.5. The van der Waals surface area contributed by atoms with E-state index in [0.29, 0.717) is 54.8 Å². The van der Waals surface area contributed by atoms with Crippen LogP contribution in [0.25, 0.3) is 0 Å². The van der Waals surface area contributed by atoms with Crippen LogP contribution in [0.15, 0.2) is 59.6 Å². The summed E-state index contributed by atoms with van der Waals surface area (Å²) < 4.78 is 38.3. The highest BCUT2D eigenvalue weighted by Gasteiger charge is 2.24. The zero-order valence-corrected chi connectivity index (χ0v) is 21.4.